The Kier molecular flexibility index (Phi) is 12.4. The van der Waals surface area contributed by atoms with Gasteiger partial charge in [0.25, 0.3) is 11.8 Å². The Morgan fingerprint density at radius 1 is 0.887 bits per heavy atom. The maximum atomic E-state index is 14.7. The fourth-order valence-electron chi connectivity index (χ4n) is 6.81. The van der Waals surface area contributed by atoms with E-state index in [1.807, 2.05) is 90.7 Å². The van der Waals surface area contributed by atoms with Gasteiger partial charge in [0.2, 0.25) is 0 Å². The summed E-state index contributed by atoms with van der Waals surface area (Å²) in [4.78, 5) is 35.8. The molecule has 53 heavy (non-hydrogen) atoms. The Morgan fingerprint density at radius 3 is 2.34 bits per heavy atom. The summed E-state index contributed by atoms with van der Waals surface area (Å²) in [5.41, 5.74) is 6.40. The largest absolute Gasteiger partial charge is 0.457 e. The lowest BCUT2D eigenvalue weighted by molar-refractivity contribution is 0.0544. The number of aliphatic hydroxyl groups excluding tert-OH is 1. The molecule has 1 atom stereocenters. The van der Waals surface area contributed by atoms with Gasteiger partial charge in [0.05, 0.1) is 23.9 Å². The van der Waals surface area contributed by atoms with Crippen molar-refractivity contribution in [3.05, 3.63) is 131 Å². The molecular weight excluding hydrogens is 679 g/mol. The lowest BCUT2D eigenvalue weighted by Crippen LogP contribution is -2.46. The molecule has 0 bridgehead atoms. The Morgan fingerprint density at radius 2 is 1.62 bits per heavy atom. The number of aliphatic hydroxyl groups is 1. The monoisotopic (exact) mass is 729 g/mol. The topological polar surface area (TPSA) is 99.9 Å². The number of hydrogen-bond donors (Lipinski definition) is 2. The highest BCUT2D eigenvalue weighted by molar-refractivity contribution is 6.57. The third-order valence-corrected chi connectivity index (χ3v) is 11.3. The molecule has 9 nitrogen and oxygen atoms in total. The van der Waals surface area contributed by atoms with Gasteiger partial charge in [-0.2, -0.15) is 5.10 Å². The van der Waals surface area contributed by atoms with Crippen LogP contribution < -0.4 is 14.9 Å². The van der Waals surface area contributed by atoms with Crippen molar-refractivity contribution in [2.45, 2.75) is 72.4 Å². The first-order valence-electron chi connectivity index (χ1n) is 18.8. The van der Waals surface area contributed by atoms with Crippen molar-refractivity contribution in [2.75, 3.05) is 24.7 Å². The molecule has 1 unspecified atom stereocenters. The number of rotatable bonds is 15. The summed E-state index contributed by atoms with van der Waals surface area (Å²) in [5, 5.41) is 16.5. The molecular formula is C43H51N5O4Si. The predicted octanol–water partition coefficient (Wildman–Crippen LogP) is 6.70. The lowest BCUT2D eigenvalue weighted by atomic mass is 9.93. The van der Waals surface area contributed by atoms with Crippen LogP contribution in [0.15, 0.2) is 97.1 Å². The van der Waals surface area contributed by atoms with Crippen molar-refractivity contribution in [3.8, 4) is 17.2 Å². The average molecular weight is 730 g/mol. The zero-order chi connectivity index (χ0) is 37.3. The third-order valence-electron chi connectivity index (χ3n) is 9.89. The molecule has 1 aromatic heterocycles. The molecule has 0 radical (unpaired) electrons. The van der Waals surface area contributed by atoms with Crippen LogP contribution in [-0.4, -0.2) is 71.9 Å². The molecule has 2 N–H and O–H groups in total. The smallest absolute Gasteiger partial charge is 0.274 e. The molecule has 0 saturated carbocycles. The molecule has 10 heteroatoms. The Balaban J connectivity index is 1.31. The van der Waals surface area contributed by atoms with E-state index in [0.29, 0.717) is 43.0 Å². The summed E-state index contributed by atoms with van der Waals surface area (Å²) in [5.74, 6) is 1.28. The Bertz CT molecular complexity index is 2020. The van der Waals surface area contributed by atoms with Crippen molar-refractivity contribution < 1.29 is 19.4 Å². The van der Waals surface area contributed by atoms with E-state index in [0.717, 1.165) is 64.9 Å². The van der Waals surface area contributed by atoms with Crippen LogP contribution in [0, 0.1) is 13.8 Å². The average Bonchev–Trinajstić information content (AvgIpc) is 3.58. The first kappa shape index (κ1) is 37.6. The number of aromatic nitrogens is 2. The molecule has 276 valence electrons. The molecule has 6 rings (SSSR count). The van der Waals surface area contributed by atoms with Crippen molar-refractivity contribution >= 4 is 32.4 Å². The van der Waals surface area contributed by atoms with Crippen LogP contribution in [0.5, 0.6) is 11.5 Å². The SMILES string of the molecule is CCCCN(CCCC)C(=O)c1cc(C)n(-c2ccc(N[SiH2]c3cccc(Oc4ccc(C)cc4)c3)cc2C(=O)N2Cc3ccccc3CC2CO)n1. The van der Waals surface area contributed by atoms with Crippen LogP contribution >= 0.6 is 0 Å². The minimum atomic E-state index is -1.03. The number of hydrogen-bond acceptors (Lipinski definition) is 6. The summed E-state index contributed by atoms with van der Waals surface area (Å²) in [7, 11) is -1.03. The molecule has 0 fully saturated rings. The number of anilines is 1. The van der Waals surface area contributed by atoms with Gasteiger partial charge >= 0.3 is 0 Å². The number of nitrogens with zero attached hydrogens (tertiary/aromatic N) is 4. The van der Waals surface area contributed by atoms with Gasteiger partial charge < -0.3 is 24.6 Å². The van der Waals surface area contributed by atoms with Crippen molar-refractivity contribution in [1.29, 1.82) is 0 Å². The third kappa shape index (κ3) is 9.07. The summed E-state index contributed by atoms with van der Waals surface area (Å²) in [6, 6.07) is 31.4. The molecule has 1 aliphatic rings. The van der Waals surface area contributed by atoms with Crippen LogP contribution in [0.3, 0.4) is 0 Å². The van der Waals surface area contributed by atoms with E-state index < -0.39 is 9.68 Å². The Labute approximate surface area is 315 Å². The zero-order valence-electron chi connectivity index (χ0n) is 31.3. The van der Waals surface area contributed by atoms with E-state index >= 15 is 0 Å². The highest BCUT2D eigenvalue weighted by atomic mass is 28.2. The van der Waals surface area contributed by atoms with Gasteiger partial charge in [-0.25, -0.2) is 4.68 Å². The number of benzene rings is 4. The number of nitrogens with one attached hydrogen (secondary N) is 1. The summed E-state index contributed by atoms with van der Waals surface area (Å²) < 4.78 is 7.84. The summed E-state index contributed by atoms with van der Waals surface area (Å²) in [6.45, 7) is 9.85. The number of unbranched alkanes of at least 4 members (excludes halogenated alkanes) is 2. The predicted molar refractivity (Wildman–Crippen MR) is 214 cm³/mol. The molecule has 1 aliphatic heterocycles. The van der Waals surface area contributed by atoms with E-state index in [2.05, 4.69) is 44.0 Å². The lowest BCUT2D eigenvalue weighted by Gasteiger charge is -2.36. The van der Waals surface area contributed by atoms with Gasteiger partial charge in [-0.05, 0) is 98.0 Å². The molecule has 0 aliphatic carbocycles. The number of amides is 2. The van der Waals surface area contributed by atoms with Gasteiger partial charge in [-0.15, -0.1) is 0 Å². The van der Waals surface area contributed by atoms with Gasteiger partial charge in [0.1, 0.15) is 11.5 Å². The maximum Gasteiger partial charge on any atom is 0.274 e. The van der Waals surface area contributed by atoms with Crippen LogP contribution in [0.25, 0.3) is 5.69 Å². The standard InChI is InChI=1S/C43H51N5O4Si/c1-5-7-22-46(23-8-6-2)43(51)40-24-31(4)48(44-40)41-21-18-34(45-53-38-15-11-14-37(27-38)52-36-19-16-30(3)17-20-36)26-39(41)42(50)47-28-33-13-10-9-12-32(33)25-35(47)29-49/h9-21,24,26-27,35,45,49H,5-8,22-23,25,28-29,53H2,1-4H3. The van der Waals surface area contributed by atoms with Gasteiger partial charge in [-0.1, -0.05) is 80.8 Å². The number of ether oxygens (including phenoxy) is 1. The second-order valence-corrected chi connectivity index (χ2v) is 15.5. The first-order valence-corrected chi connectivity index (χ1v) is 20.3. The van der Waals surface area contributed by atoms with Crippen molar-refractivity contribution in [1.82, 2.24) is 19.6 Å². The summed E-state index contributed by atoms with van der Waals surface area (Å²) in [6.07, 6.45) is 4.44. The van der Waals surface area contributed by atoms with Crippen LogP contribution in [0.4, 0.5) is 5.69 Å². The van der Waals surface area contributed by atoms with Crippen LogP contribution in [-0.2, 0) is 13.0 Å². The van der Waals surface area contributed by atoms with E-state index in [1.165, 1.54) is 5.56 Å². The molecule has 5 aromatic rings. The van der Waals surface area contributed by atoms with Gasteiger partial charge in [-0.3, -0.25) is 9.59 Å². The fourth-order valence-corrected chi connectivity index (χ4v) is 7.99. The minimum Gasteiger partial charge on any atom is -0.457 e. The van der Waals surface area contributed by atoms with Crippen molar-refractivity contribution in [2.24, 2.45) is 0 Å². The second kappa shape index (κ2) is 17.6. The second-order valence-electron chi connectivity index (χ2n) is 14.0. The normalized spacial score (nSPS) is 14.0. The van der Waals surface area contributed by atoms with E-state index in [1.54, 1.807) is 9.58 Å². The number of carbonyl (C=O) groups is 2. The molecule has 0 spiro atoms. The maximum absolute atomic E-state index is 14.7. The number of carbonyl (C=O) groups excluding carboxylic acids is 2. The highest BCUT2D eigenvalue weighted by Crippen LogP contribution is 2.29. The van der Waals surface area contributed by atoms with Crippen LogP contribution in [0.1, 0.15) is 82.8 Å². The number of aryl methyl sites for hydroxylation is 2. The fraction of sp³-hybridized carbons (Fsp3) is 0.326. The molecule has 2 amide bonds. The van der Waals surface area contributed by atoms with Crippen LogP contribution in [0.2, 0.25) is 0 Å². The van der Waals surface area contributed by atoms with Gasteiger partial charge in [0, 0.05) is 31.0 Å². The summed E-state index contributed by atoms with van der Waals surface area (Å²) >= 11 is 0. The minimum absolute atomic E-state index is 0.0903. The molecule has 2 heterocycles. The van der Waals surface area contributed by atoms with Crippen molar-refractivity contribution in [3.63, 3.8) is 0 Å². The quantitative estimate of drug-likeness (QED) is 0.116. The highest BCUT2D eigenvalue weighted by Gasteiger charge is 2.32. The molecule has 0 saturated heterocycles. The van der Waals surface area contributed by atoms with Gasteiger partial charge in [0.15, 0.2) is 15.4 Å². The Hall–Kier alpha value is -5.19. The first-order chi connectivity index (χ1) is 25.8. The zero-order valence-corrected chi connectivity index (χ0v) is 32.8. The van der Waals surface area contributed by atoms with E-state index in [9.17, 15) is 14.7 Å². The molecule has 4 aromatic carbocycles. The number of fused-ring (bicyclic) bond motifs is 1. The van der Waals surface area contributed by atoms with E-state index in [-0.39, 0.29) is 24.5 Å². The van der Waals surface area contributed by atoms with E-state index in [4.69, 9.17) is 9.84 Å².